The summed E-state index contributed by atoms with van der Waals surface area (Å²) < 4.78 is 4.73. The van der Waals surface area contributed by atoms with Gasteiger partial charge in [0.15, 0.2) is 6.61 Å². The van der Waals surface area contributed by atoms with Gasteiger partial charge in [-0.1, -0.05) is 19.8 Å². The summed E-state index contributed by atoms with van der Waals surface area (Å²) in [5.41, 5.74) is -1.05. The predicted molar refractivity (Wildman–Crippen MR) is 88.8 cm³/mol. The number of hydrogen-bond acceptors (Lipinski definition) is 6. The number of hydrogen-bond donors (Lipinski definition) is 3. The Labute approximate surface area is 151 Å². The highest BCUT2D eigenvalue weighted by Crippen LogP contribution is 2.20. The first-order chi connectivity index (χ1) is 12.2. The first-order valence-electron chi connectivity index (χ1n) is 8.65. The van der Waals surface area contributed by atoms with Crippen molar-refractivity contribution in [2.24, 2.45) is 0 Å². The summed E-state index contributed by atoms with van der Waals surface area (Å²) in [7, 11) is 0. The van der Waals surface area contributed by atoms with E-state index in [4.69, 9.17) is 4.74 Å². The summed E-state index contributed by atoms with van der Waals surface area (Å²) in [6, 6.07) is -1.26. The molecule has 144 valence electrons. The lowest BCUT2D eigenvalue weighted by atomic mass is 9.99. The molecule has 1 aliphatic heterocycles. The quantitative estimate of drug-likeness (QED) is 0.447. The van der Waals surface area contributed by atoms with E-state index in [0.29, 0.717) is 6.42 Å². The summed E-state index contributed by atoms with van der Waals surface area (Å²) in [6.45, 7) is 2.03. The van der Waals surface area contributed by atoms with E-state index in [1.165, 1.54) is 0 Å². The fraction of sp³-hybridized carbons (Fsp3) is 0.688. The molecule has 0 aromatic carbocycles. The Bertz CT molecular complexity index is 616. The lowest BCUT2D eigenvalue weighted by Gasteiger charge is -2.18. The molecule has 0 radical (unpaired) electrons. The predicted octanol–water partition coefficient (Wildman–Crippen LogP) is 0.0185. The van der Waals surface area contributed by atoms with Crippen molar-refractivity contribution < 1.29 is 28.7 Å². The first kappa shape index (κ1) is 19.7. The third kappa shape index (κ3) is 4.70. The maximum Gasteiger partial charge on any atom is 0.326 e. The molecule has 0 bridgehead atoms. The summed E-state index contributed by atoms with van der Waals surface area (Å²) in [4.78, 5) is 59.8. The Morgan fingerprint density at radius 3 is 2.50 bits per heavy atom. The van der Waals surface area contributed by atoms with Crippen LogP contribution in [0.5, 0.6) is 0 Å². The number of amides is 6. The minimum absolute atomic E-state index is 0.0536. The molecular formula is C16H24N4O6. The van der Waals surface area contributed by atoms with Crippen LogP contribution in [0.3, 0.4) is 0 Å². The molecule has 10 heteroatoms. The smallest absolute Gasteiger partial charge is 0.326 e. The normalized spacial score (nSPS) is 22.9. The number of rotatable bonds is 6. The first-order valence-corrected chi connectivity index (χ1v) is 8.65. The Morgan fingerprint density at radius 2 is 1.92 bits per heavy atom. The van der Waals surface area contributed by atoms with E-state index < -0.39 is 48.5 Å². The number of carbonyl (C=O) groups is 5. The fourth-order valence-corrected chi connectivity index (χ4v) is 2.91. The van der Waals surface area contributed by atoms with Gasteiger partial charge in [0.2, 0.25) is 0 Å². The molecule has 2 fully saturated rings. The van der Waals surface area contributed by atoms with Crippen LogP contribution in [0.4, 0.5) is 9.59 Å². The highest BCUT2D eigenvalue weighted by atomic mass is 16.5. The summed E-state index contributed by atoms with van der Waals surface area (Å²) in [6.07, 6.45) is 4.20. The SMILES string of the molecule is CC[C@@]1(C)NC(=O)N(CC(=O)OCC(=O)NC(=O)NC2CCCC2)C1=O. The summed E-state index contributed by atoms with van der Waals surface area (Å²) in [5.74, 6) is -2.23. The van der Waals surface area contributed by atoms with E-state index in [2.05, 4.69) is 16.0 Å². The third-order valence-electron chi connectivity index (χ3n) is 4.65. The van der Waals surface area contributed by atoms with E-state index in [9.17, 15) is 24.0 Å². The second kappa shape index (κ2) is 8.15. The highest BCUT2D eigenvalue weighted by molar-refractivity contribution is 6.08. The molecule has 0 aromatic rings. The van der Waals surface area contributed by atoms with Crippen molar-refractivity contribution in [1.82, 2.24) is 20.9 Å². The second-order valence-electron chi connectivity index (χ2n) is 6.67. The molecule has 1 heterocycles. The van der Waals surface area contributed by atoms with Crippen LogP contribution in [0.15, 0.2) is 0 Å². The minimum atomic E-state index is -1.05. The Morgan fingerprint density at radius 1 is 1.27 bits per heavy atom. The molecule has 2 rings (SSSR count). The summed E-state index contributed by atoms with van der Waals surface area (Å²) >= 11 is 0. The maximum absolute atomic E-state index is 12.2. The van der Waals surface area contributed by atoms with Gasteiger partial charge < -0.3 is 15.4 Å². The molecule has 3 N–H and O–H groups in total. The van der Waals surface area contributed by atoms with Gasteiger partial charge in [0.05, 0.1) is 0 Å². The molecule has 1 saturated carbocycles. The number of carbonyl (C=O) groups excluding carboxylic acids is 5. The van der Waals surface area contributed by atoms with Crippen molar-refractivity contribution in [2.45, 2.75) is 57.5 Å². The zero-order valence-electron chi connectivity index (χ0n) is 14.9. The summed E-state index contributed by atoms with van der Waals surface area (Å²) in [5, 5.41) is 7.24. The van der Waals surface area contributed by atoms with Gasteiger partial charge in [-0.3, -0.25) is 24.6 Å². The van der Waals surface area contributed by atoms with Crippen molar-refractivity contribution >= 4 is 29.8 Å². The van der Waals surface area contributed by atoms with Gasteiger partial charge in [-0.15, -0.1) is 0 Å². The minimum Gasteiger partial charge on any atom is -0.454 e. The Kier molecular flexibility index (Phi) is 6.17. The number of imide groups is 2. The second-order valence-corrected chi connectivity index (χ2v) is 6.67. The van der Waals surface area contributed by atoms with Gasteiger partial charge in [-0.2, -0.15) is 0 Å². The average Bonchev–Trinajstić information content (AvgIpc) is 3.16. The van der Waals surface area contributed by atoms with Crippen molar-refractivity contribution in [3.63, 3.8) is 0 Å². The lowest BCUT2D eigenvalue weighted by molar-refractivity contribution is -0.150. The molecule has 2 aliphatic rings. The molecule has 6 amide bonds. The zero-order valence-corrected chi connectivity index (χ0v) is 14.9. The van der Waals surface area contributed by atoms with E-state index >= 15 is 0 Å². The third-order valence-corrected chi connectivity index (χ3v) is 4.65. The molecule has 0 unspecified atom stereocenters. The van der Waals surface area contributed by atoms with E-state index in [1.807, 2.05) is 0 Å². The number of ether oxygens (including phenoxy) is 1. The van der Waals surface area contributed by atoms with Gasteiger partial charge in [0.1, 0.15) is 12.1 Å². The zero-order chi connectivity index (χ0) is 19.3. The van der Waals surface area contributed by atoms with Crippen molar-refractivity contribution in [3.8, 4) is 0 Å². The Balaban J connectivity index is 1.72. The van der Waals surface area contributed by atoms with E-state index in [0.717, 1.165) is 30.6 Å². The number of urea groups is 2. The molecule has 1 atom stereocenters. The van der Waals surface area contributed by atoms with Gasteiger partial charge >= 0.3 is 18.0 Å². The lowest BCUT2D eigenvalue weighted by Crippen LogP contribution is -2.45. The maximum atomic E-state index is 12.2. The van der Waals surface area contributed by atoms with Gasteiger partial charge in [-0.25, -0.2) is 9.59 Å². The molecule has 10 nitrogen and oxygen atoms in total. The van der Waals surface area contributed by atoms with E-state index in [-0.39, 0.29) is 6.04 Å². The average molecular weight is 368 g/mol. The molecule has 0 spiro atoms. The highest BCUT2D eigenvalue weighted by Gasteiger charge is 2.47. The number of nitrogens with zero attached hydrogens (tertiary/aromatic N) is 1. The van der Waals surface area contributed by atoms with Crippen molar-refractivity contribution in [1.29, 1.82) is 0 Å². The topological polar surface area (TPSA) is 134 Å². The van der Waals surface area contributed by atoms with Gasteiger partial charge in [0, 0.05) is 6.04 Å². The number of nitrogens with one attached hydrogen (secondary N) is 3. The van der Waals surface area contributed by atoms with Crippen LogP contribution in [0.25, 0.3) is 0 Å². The molecule has 26 heavy (non-hydrogen) atoms. The fourth-order valence-electron chi connectivity index (χ4n) is 2.91. The molecule has 0 aromatic heterocycles. The van der Waals surface area contributed by atoms with Gasteiger partial charge in [-0.05, 0) is 26.2 Å². The van der Waals surface area contributed by atoms with E-state index in [1.54, 1.807) is 13.8 Å². The largest absolute Gasteiger partial charge is 0.454 e. The monoisotopic (exact) mass is 368 g/mol. The van der Waals surface area contributed by atoms with Crippen LogP contribution in [-0.2, 0) is 19.1 Å². The molecular weight excluding hydrogens is 344 g/mol. The Hall–Kier alpha value is -2.65. The van der Waals surface area contributed by atoms with Crippen molar-refractivity contribution in [2.75, 3.05) is 13.2 Å². The van der Waals surface area contributed by atoms with Crippen LogP contribution in [0.1, 0.15) is 46.0 Å². The molecule has 1 saturated heterocycles. The van der Waals surface area contributed by atoms with Crippen LogP contribution < -0.4 is 16.0 Å². The van der Waals surface area contributed by atoms with Crippen molar-refractivity contribution in [3.05, 3.63) is 0 Å². The van der Waals surface area contributed by atoms with Gasteiger partial charge in [0.25, 0.3) is 11.8 Å². The van der Waals surface area contributed by atoms with Crippen LogP contribution in [0, 0.1) is 0 Å². The van der Waals surface area contributed by atoms with Crippen LogP contribution in [0.2, 0.25) is 0 Å². The van der Waals surface area contributed by atoms with Crippen LogP contribution >= 0.6 is 0 Å². The standard InChI is InChI=1S/C16H24N4O6/c1-3-16(2)13(23)20(15(25)19-16)8-12(22)26-9-11(21)18-14(24)17-10-6-4-5-7-10/h10H,3-9H2,1-2H3,(H,19,25)(H2,17,18,21,24)/t16-/m1/s1. The molecule has 1 aliphatic carbocycles. The van der Waals surface area contributed by atoms with Crippen LogP contribution in [-0.4, -0.2) is 59.5 Å². The number of esters is 1.